The zero-order valence-electron chi connectivity index (χ0n) is 39.9. The number of carbonyl (C=O) groups excluding carboxylic acids is 2. The summed E-state index contributed by atoms with van der Waals surface area (Å²) >= 11 is 0. The first kappa shape index (κ1) is 56.3. The molecule has 0 aromatic carbocycles. The molecule has 0 unspecified atom stereocenters. The smallest absolute Gasteiger partial charge is 0.306 e. The van der Waals surface area contributed by atoms with Crippen LogP contribution in [-0.4, -0.2) is 75.2 Å². The third-order valence-electron chi connectivity index (χ3n) is 11.9. The second-order valence-corrected chi connectivity index (χ2v) is 17.9. The SMILES string of the molecule is CCCCCC(CC=CCOC(=O)CCCCCCCN(CCCCCCCC(=O)OCC=CCC(CCCCC)CCCCC)CCCCN(C)C)CCCCC. The molecule has 0 aliphatic heterocycles. The molecule has 0 N–H and O–H groups in total. The fourth-order valence-corrected chi connectivity index (χ4v) is 8.00. The van der Waals surface area contributed by atoms with Crippen molar-refractivity contribution in [2.75, 3.05) is 53.5 Å². The Balaban J connectivity index is 4.19. The average Bonchev–Trinajstić information content (AvgIpc) is 3.20. The van der Waals surface area contributed by atoms with E-state index in [0.29, 0.717) is 26.1 Å². The molecule has 0 spiro atoms. The number of allylic oxidation sites excluding steroid dienone is 2. The van der Waals surface area contributed by atoms with Gasteiger partial charge in [-0.05, 0) is 103 Å². The summed E-state index contributed by atoms with van der Waals surface area (Å²) in [5, 5.41) is 0. The van der Waals surface area contributed by atoms with Gasteiger partial charge in [-0.3, -0.25) is 9.59 Å². The van der Waals surface area contributed by atoms with Gasteiger partial charge in [0.15, 0.2) is 0 Å². The van der Waals surface area contributed by atoms with E-state index in [1.807, 2.05) is 0 Å². The molecule has 0 amide bonds. The van der Waals surface area contributed by atoms with Crippen LogP contribution < -0.4 is 0 Å². The monoisotopic (exact) mass is 817 g/mol. The Morgan fingerprint density at radius 2 is 0.741 bits per heavy atom. The molecule has 0 atom stereocenters. The number of ether oxygens (including phenoxy) is 2. The van der Waals surface area contributed by atoms with Crippen molar-refractivity contribution in [3.63, 3.8) is 0 Å². The molecule has 6 heteroatoms. The van der Waals surface area contributed by atoms with Gasteiger partial charge in [-0.15, -0.1) is 0 Å². The maximum atomic E-state index is 12.3. The summed E-state index contributed by atoms with van der Waals surface area (Å²) in [6.45, 7) is 14.6. The topological polar surface area (TPSA) is 59.1 Å². The number of hydrogen-bond acceptors (Lipinski definition) is 6. The fourth-order valence-electron chi connectivity index (χ4n) is 8.00. The summed E-state index contributed by atoms with van der Waals surface area (Å²) in [6, 6.07) is 0. The molecular formula is C52H100N2O4. The highest BCUT2D eigenvalue weighted by molar-refractivity contribution is 5.69. The van der Waals surface area contributed by atoms with E-state index in [9.17, 15) is 9.59 Å². The molecular weight excluding hydrogens is 717 g/mol. The highest BCUT2D eigenvalue weighted by Crippen LogP contribution is 2.23. The third kappa shape index (κ3) is 41.1. The van der Waals surface area contributed by atoms with E-state index in [0.717, 1.165) is 56.9 Å². The number of hydrogen-bond donors (Lipinski definition) is 0. The second-order valence-electron chi connectivity index (χ2n) is 17.9. The summed E-state index contributed by atoms with van der Waals surface area (Å²) in [5.41, 5.74) is 0. The lowest BCUT2D eigenvalue weighted by atomic mass is 9.92. The standard InChI is InChI=1S/C52H100N2O4/c1-7-11-21-35-49(36-22-12-8-2)39-27-33-47-57-51(55)41-25-17-15-19-29-44-54(46-32-31-43-53(5)6)45-30-20-16-18-26-42-52(56)58-48-34-28-40-50(37-23-13-9-3)38-24-14-10-4/h27-28,33-34,49-50H,7-26,29-32,35-48H2,1-6H3. The van der Waals surface area contributed by atoms with Crippen LogP contribution in [-0.2, 0) is 19.1 Å². The van der Waals surface area contributed by atoms with Crippen molar-refractivity contribution in [1.82, 2.24) is 9.80 Å². The minimum absolute atomic E-state index is 0.0478. The third-order valence-corrected chi connectivity index (χ3v) is 11.9. The van der Waals surface area contributed by atoms with Gasteiger partial charge in [-0.1, -0.05) is 193 Å². The van der Waals surface area contributed by atoms with E-state index in [1.54, 1.807) is 0 Å². The lowest BCUT2D eigenvalue weighted by molar-refractivity contribution is -0.143. The van der Waals surface area contributed by atoms with Crippen LogP contribution in [0.25, 0.3) is 0 Å². The van der Waals surface area contributed by atoms with Gasteiger partial charge in [0.1, 0.15) is 13.2 Å². The van der Waals surface area contributed by atoms with Crippen molar-refractivity contribution in [2.45, 2.75) is 233 Å². The van der Waals surface area contributed by atoms with Crippen LogP contribution in [0.15, 0.2) is 24.3 Å². The maximum Gasteiger partial charge on any atom is 0.306 e. The molecule has 0 fully saturated rings. The zero-order valence-corrected chi connectivity index (χ0v) is 39.9. The number of esters is 2. The van der Waals surface area contributed by atoms with Gasteiger partial charge in [0, 0.05) is 12.8 Å². The minimum atomic E-state index is -0.0478. The number of unbranched alkanes of at least 4 members (excludes halogenated alkanes) is 17. The van der Waals surface area contributed by atoms with E-state index in [2.05, 4.69) is 75.9 Å². The first-order valence-corrected chi connectivity index (χ1v) is 25.3. The number of nitrogens with zero attached hydrogens (tertiary/aromatic N) is 2. The average molecular weight is 817 g/mol. The number of rotatable bonds is 45. The predicted octanol–water partition coefficient (Wildman–Crippen LogP) is 14.8. The summed E-state index contributed by atoms with van der Waals surface area (Å²) in [4.78, 5) is 29.6. The Morgan fingerprint density at radius 3 is 1.10 bits per heavy atom. The van der Waals surface area contributed by atoms with Crippen molar-refractivity contribution in [3.05, 3.63) is 24.3 Å². The molecule has 6 nitrogen and oxygen atoms in total. The molecule has 0 saturated heterocycles. The highest BCUT2D eigenvalue weighted by atomic mass is 16.5. The van der Waals surface area contributed by atoms with Crippen molar-refractivity contribution in [2.24, 2.45) is 11.8 Å². The van der Waals surface area contributed by atoms with Gasteiger partial charge < -0.3 is 19.3 Å². The predicted molar refractivity (Wildman–Crippen MR) is 253 cm³/mol. The Kier molecular flexibility index (Phi) is 43.6. The second kappa shape index (κ2) is 44.9. The highest BCUT2D eigenvalue weighted by Gasteiger charge is 2.10. The Hall–Kier alpha value is -1.66. The Bertz CT molecular complexity index is 848. The van der Waals surface area contributed by atoms with Crippen LogP contribution in [0.1, 0.15) is 233 Å². The molecule has 0 aliphatic rings. The molecule has 0 rings (SSSR count). The molecule has 0 saturated carbocycles. The van der Waals surface area contributed by atoms with E-state index in [4.69, 9.17) is 9.47 Å². The van der Waals surface area contributed by atoms with Gasteiger partial charge in [-0.2, -0.15) is 0 Å². The van der Waals surface area contributed by atoms with Crippen molar-refractivity contribution < 1.29 is 19.1 Å². The van der Waals surface area contributed by atoms with Crippen LogP contribution in [0.2, 0.25) is 0 Å². The molecule has 0 radical (unpaired) electrons. The van der Waals surface area contributed by atoms with Crippen LogP contribution in [0, 0.1) is 11.8 Å². The van der Waals surface area contributed by atoms with E-state index in [1.165, 1.54) is 174 Å². The largest absolute Gasteiger partial charge is 0.461 e. The van der Waals surface area contributed by atoms with Crippen LogP contribution in [0.5, 0.6) is 0 Å². The molecule has 0 aromatic heterocycles. The van der Waals surface area contributed by atoms with Crippen molar-refractivity contribution in [1.29, 1.82) is 0 Å². The summed E-state index contributed by atoms with van der Waals surface area (Å²) < 4.78 is 11.0. The summed E-state index contributed by atoms with van der Waals surface area (Å²) in [5.74, 6) is 1.46. The van der Waals surface area contributed by atoms with Crippen LogP contribution in [0.4, 0.5) is 0 Å². The first-order chi connectivity index (χ1) is 28.4. The molecule has 0 heterocycles. The zero-order chi connectivity index (χ0) is 42.6. The van der Waals surface area contributed by atoms with Crippen molar-refractivity contribution in [3.8, 4) is 0 Å². The van der Waals surface area contributed by atoms with Crippen molar-refractivity contribution >= 4 is 11.9 Å². The van der Waals surface area contributed by atoms with E-state index < -0.39 is 0 Å². The van der Waals surface area contributed by atoms with Gasteiger partial charge in [0.25, 0.3) is 0 Å². The van der Waals surface area contributed by atoms with Crippen LogP contribution in [0.3, 0.4) is 0 Å². The number of carbonyl (C=O) groups is 2. The Labute approximate surface area is 362 Å². The van der Waals surface area contributed by atoms with Gasteiger partial charge >= 0.3 is 11.9 Å². The molecule has 0 aliphatic carbocycles. The molecule has 58 heavy (non-hydrogen) atoms. The quantitative estimate of drug-likeness (QED) is 0.0347. The van der Waals surface area contributed by atoms with Crippen LogP contribution >= 0.6 is 0 Å². The minimum Gasteiger partial charge on any atom is -0.461 e. The van der Waals surface area contributed by atoms with E-state index in [-0.39, 0.29) is 11.9 Å². The van der Waals surface area contributed by atoms with Gasteiger partial charge in [-0.25, -0.2) is 0 Å². The maximum absolute atomic E-state index is 12.3. The summed E-state index contributed by atoms with van der Waals surface area (Å²) in [6.07, 6.45) is 47.0. The van der Waals surface area contributed by atoms with Gasteiger partial charge in [0.05, 0.1) is 0 Å². The molecule has 342 valence electrons. The lowest BCUT2D eigenvalue weighted by Crippen LogP contribution is -2.28. The van der Waals surface area contributed by atoms with E-state index >= 15 is 0 Å². The van der Waals surface area contributed by atoms with Gasteiger partial charge in [0.2, 0.25) is 0 Å². The lowest BCUT2D eigenvalue weighted by Gasteiger charge is -2.23. The molecule has 0 aromatic rings. The summed E-state index contributed by atoms with van der Waals surface area (Å²) in [7, 11) is 4.32. The normalized spacial score (nSPS) is 12.1. The molecule has 0 bridgehead atoms. The Morgan fingerprint density at radius 1 is 0.414 bits per heavy atom. The first-order valence-electron chi connectivity index (χ1n) is 25.3. The fraction of sp³-hybridized carbons (Fsp3) is 0.885.